The molecule has 0 aliphatic rings. The van der Waals surface area contributed by atoms with Gasteiger partial charge < -0.3 is 0 Å². The average Bonchev–Trinajstić information content (AvgIpc) is 3.50. The van der Waals surface area contributed by atoms with Gasteiger partial charge in [-0.1, -0.05) is 48.5 Å². The van der Waals surface area contributed by atoms with E-state index in [9.17, 15) is 31.6 Å². The maximum absolute atomic E-state index is 13.1. The molecule has 0 heterocycles. The van der Waals surface area contributed by atoms with Crippen LogP contribution in [0.25, 0.3) is 70.3 Å². The van der Waals surface area contributed by atoms with Crippen LogP contribution in [0.15, 0.2) is 107 Å². The van der Waals surface area contributed by atoms with E-state index >= 15 is 0 Å². The number of nitriles is 1. The number of nitrogens with zero attached hydrogens (tertiary/aromatic N) is 4. The smallest absolute Gasteiger partial charge is 0.181 e. The number of benzene rings is 5. The van der Waals surface area contributed by atoms with Crippen molar-refractivity contribution >= 4 is 43.1 Å². The van der Waals surface area contributed by atoms with Crippen molar-refractivity contribution in [2.24, 2.45) is 10.1 Å². The summed E-state index contributed by atoms with van der Waals surface area (Å²) in [6, 6.07) is 24.2. The first-order chi connectivity index (χ1) is 22.0. The van der Waals surface area contributed by atoms with Crippen LogP contribution in [0.1, 0.15) is 11.1 Å². The van der Waals surface area contributed by atoms with Crippen LogP contribution in [-0.4, -0.2) is 0 Å². The van der Waals surface area contributed by atoms with Gasteiger partial charge in [-0.3, -0.25) is 0 Å². The molecule has 7 aromatic rings. The number of alkyl halides is 6. The first-order valence-corrected chi connectivity index (χ1v) is 13.7. The highest BCUT2D eigenvalue weighted by molar-refractivity contribution is 6.21. The number of fused-ring (bicyclic) bond motifs is 6. The predicted octanol–water partition coefficient (Wildman–Crippen LogP) is 9.66. The van der Waals surface area contributed by atoms with Gasteiger partial charge in [-0.25, -0.2) is 0 Å². The van der Waals surface area contributed by atoms with E-state index in [1.807, 2.05) is 30.5 Å². The maximum Gasteiger partial charge on any atom is 0.416 e. The summed E-state index contributed by atoms with van der Waals surface area (Å²) in [5.74, 6) is 0. The Morgan fingerprint density at radius 3 is 1.30 bits per heavy atom. The maximum atomic E-state index is 13.1. The minimum Gasteiger partial charge on any atom is -0.181 e. The molecule has 7 aromatic carbocycles. The fourth-order valence-corrected chi connectivity index (χ4v) is 6.07. The Hall–Kier alpha value is -6.00. The van der Waals surface area contributed by atoms with E-state index in [-0.39, 0.29) is 0 Å². The first kappa shape index (κ1) is 28.8. The highest BCUT2D eigenvalue weighted by Crippen LogP contribution is 2.37. The van der Waals surface area contributed by atoms with Crippen LogP contribution in [-0.2, 0) is 12.4 Å². The van der Waals surface area contributed by atoms with Gasteiger partial charge >= 0.3 is 12.4 Å². The van der Waals surface area contributed by atoms with Gasteiger partial charge in [0.25, 0.3) is 0 Å². The van der Waals surface area contributed by atoms with E-state index in [0.717, 1.165) is 45.8 Å². The first-order valence-electron chi connectivity index (χ1n) is 13.7. The zero-order valence-electron chi connectivity index (χ0n) is 23.3. The van der Waals surface area contributed by atoms with Crippen molar-refractivity contribution in [3.05, 3.63) is 130 Å². The van der Waals surface area contributed by atoms with E-state index in [1.165, 1.54) is 24.3 Å². The van der Waals surface area contributed by atoms with Crippen LogP contribution in [0.4, 0.5) is 26.3 Å². The summed E-state index contributed by atoms with van der Waals surface area (Å²) in [5.41, 5.74) is 0.923. The van der Waals surface area contributed by atoms with E-state index in [4.69, 9.17) is 6.57 Å². The highest BCUT2D eigenvalue weighted by Gasteiger charge is 2.31. The molecule has 10 heteroatoms. The zero-order chi connectivity index (χ0) is 32.4. The summed E-state index contributed by atoms with van der Waals surface area (Å²) in [6.45, 7) is 7.47. The Morgan fingerprint density at radius 2 is 0.891 bits per heavy atom. The van der Waals surface area contributed by atoms with Gasteiger partial charge in [-0.15, -0.1) is 4.95 Å². The molecule has 0 bridgehead atoms. The average molecular weight is 619 g/mol. The van der Waals surface area contributed by atoms with Crippen molar-refractivity contribution in [3.63, 3.8) is 0 Å². The molecule has 0 aliphatic heterocycles. The molecule has 4 nitrogen and oxygen atoms in total. The lowest BCUT2D eigenvalue weighted by Crippen LogP contribution is -2.04. The predicted molar refractivity (Wildman–Crippen MR) is 163 cm³/mol. The third-order valence-corrected chi connectivity index (χ3v) is 8.20. The van der Waals surface area contributed by atoms with Gasteiger partial charge in [0, 0.05) is 21.5 Å². The second-order valence-corrected chi connectivity index (χ2v) is 10.7. The second kappa shape index (κ2) is 10.3. The second-order valence-electron chi connectivity index (χ2n) is 10.7. The van der Waals surface area contributed by atoms with Crippen LogP contribution in [0.5, 0.6) is 0 Å². The number of hydrogen-bond donors (Lipinski definition) is 0. The summed E-state index contributed by atoms with van der Waals surface area (Å²) in [7, 11) is 0. The molecule has 0 saturated heterocycles. The van der Waals surface area contributed by atoms with Crippen molar-refractivity contribution in [3.8, 4) is 28.4 Å². The Bertz CT molecular complexity index is 2370. The Morgan fingerprint density at radius 1 is 0.500 bits per heavy atom. The molecule has 0 atom stereocenters. The third kappa shape index (κ3) is 4.63. The fraction of sp³-hybridized carbons (Fsp3) is 0.0556. The lowest BCUT2D eigenvalue weighted by Gasteiger charge is -2.08. The third-order valence-electron chi connectivity index (χ3n) is 8.20. The topological polar surface area (TPSA) is 52.9 Å². The Balaban J connectivity index is 1.44. The lowest BCUT2D eigenvalue weighted by atomic mass is 10.0. The monoisotopic (exact) mass is 618 g/mol. The van der Waals surface area contributed by atoms with Crippen LogP contribution in [0.2, 0.25) is 0 Å². The van der Waals surface area contributed by atoms with Crippen LogP contribution in [0, 0.1) is 18.0 Å². The van der Waals surface area contributed by atoms with Gasteiger partial charge in [-0.05, 0) is 92.3 Å². The van der Waals surface area contributed by atoms with Gasteiger partial charge in [-0.2, -0.15) is 43.2 Å². The molecule has 0 N–H and O–H groups in total. The highest BCUT2D eigenvalue weighted by atomic mass is 19.4. The van der Waals surface area contributed by atoms with Gasteiger partial charge in [0.1, 0.15) is 0 Å². The Kier molecular flexibility index (Phi) is 6.43. The molecule has 0 radical (unpaired) electrons. The summed E-state index contributed by atoms with van der Waals surface area (Å²) in [5, 5.41) is 20.1. The van der Waals surface area contributed by atoms with E-state index in [1.54, 1.807) is 24.3 Å². The molecule has 0 fully saturated rings. The number of hydrogen-bond acceptors (Lipinski definition) is 3. The molecule has 0 aliphatic carbocycles. The van der Waals surface area contributed by atoms with E-state index in [0.29, 0.717) is 54.5 Å². The molecule has 46 heavy (non-hydrogen) atoms. The summed E-state index contributed by atoms with van der Waals surface area (Å²) < 4.78 is 78.6. The molecular formula is C36H16F6N4. The molecule has 222 valence electrons. The molecule has 7 rings (SSSR count). The zero-order valence-corrected chi connectivity index (χ0v) is 23.3. The van der Waals surface area contributed by atoms with Crippen molar-refractivity contribution in [2.45, 2.75) is 12.4 Å². The SMILES string of the molecule is [C-]#[N+]/N=c1\c2cc(-c3ccc(C(F)(F)F)cc3)ccc2c2cc3/c(=N/C#N)c4cc(-c5ccc(C(F)(F)F)cc5)ccc4c3cc12. The molecule has 0 saturated carbocycles. The minimum atomic E-state index is -4.46. The molecule has 0 aromatic heterocycles. The summed E-state index contributed by atoms with van der Waals surface area (Å²) in [6.07, 6.45) is -7.05. The number of halogens is 6. The van der Waals surface area contributed by atoms with Gasteiger partial charge in [0.05, 0.1) is 21.6 Å². The molecular weight excluding hydrogens is 602 g/mol. The molecule has 0 spiro atoms. The normalized spacial score (nSPS) is 13.2. The van der Waals surface area contributed by atoms with Crippen LogP contribution >= 0.6 is 0 Å². The van der Waals surface area contributed by atoms with Crippen molar-refractivity contribution in [1.29, 1.82) is 5.26 Å². The van der Waals surface area contributed by atoms with Gasteiger partial charge in [0.2, 0.25) is 6.19 Å². The van der Waals surface area contributed by atoms with Crippen molar-refractivity contribution in [2.75, 3.05) is 0 Å². The van der Waals surface area contributed by atoms with Crippen LogP contribution in [0.3, 0.4) is 0 Å². The van der Waals surface area contributed by atoms with Crippen molar-refractivity contribution < 1.29 is 26.3 Å². The standard InChI is InChI=1S/C36H16F6N4/c1-44-46-34-30-15-22(20-4-10-24(11-5-20)36(40,41)42)7-13-26(30)28-16-31-27(17-32(28)34)25-12-6-21(14-29(25)33(31)45-18-43)19-2-8-23(9-3-19)35(37,38)39/h2-17H/b45-33+,46-34+. The lowest BCUT2D eigenvalue weighted by molar-refractivity contribution is -0.138. The number of rotatable bonds is 2. The Labute approximate surface area is 255 Å². The van der Waals surface area contributed by atoms with E-state index in [2.05, 4.69) is 15.0 Å². The largest absolute Gasteiger partial charge is 0.416 e. The summed E-state index contributed by atoms with van der Waals surface area (Å²) in [4.78, 5) is 7.40. The summed E-state index contributed by atoms with van der Waals surface area (Å²) >= 11 is 0. The quantitative estimate of drug-likeness (QED) is 0.0824. The minimum absolute atomic E-state index is 0.405. The fourth-order valence-electron chi connectivity index (χ4n) is 6.07. The van der Waals surface area contributed by atoms with Gasteiger partial charge in [0.15, 0.2) is 5.36 Å². The van der Waals surface area contributed by atoms with E-state index < -0.39 is 23.5 Å². The molecule has 0 amide bonds. The molecule has 0 unspecified atom stereocenters. The van der Waals surface area contributed by atoms with Crippen LogP contribution < -0.4 is 10.7 Å². The van der Waals surface area contributed by atoms with Crippen molar-refractivity contribution in [1.82, 2.24) is 0 Å².